The third-order valence-electron chi connectivity index (χ3n) is 3.49. The fraction of sp³-hybridized carbons (Fsp3) is 0.500. The van der Waals surface area contributed by atoms with Gasteiger partial charge in [-0.3, -0.25) is 4.79 Å². The van der Waals surface area contributed by atoms with Crippen molar-refractivity contribution in [1.29, 1.82) is 0 Å². The van der Waals surface area contributed by atoms with Gasteiger partial charge in [-0.25, -0.2) is 8.42 Å². The first-order valence-electron chi connectivity index (χ1n) is 6.84. The van der Waals surface area contributed by atoms with Gasteiger partial charge in [0.25, 0.3) is 0 Å². The molecule has 7 heteroatoms. The van der Waals surface area contributed by atoms with Crippen LogP contribution in [0.3, 0.4) is 0 Å². The molecule has 0 aliphatic carbocycles. The molecule has 3 N–H and O–H groups in total. The van der Waals surface area contributed by atoms with Crippen molar-refractivity contribution in [2.75, 3.05) is 30.0 Å². The highest BCUT2D eigenvalue weighted by Crippen LogP contribution is 2.20. The van der Waals surface area contributed by atoms with Crippen LogP contribution in [0.2, 0.25) is 0 Å². The zero-order valence-electron chi connectivity index (χ0n) is 12.0. The molecule has 1 aromatic carbocycles. The molecule has 6 nitrogen and oxygen atoms in total. The summed E-state index contributed by atoms with van der Waals surface area (Å²) in [5.41, 5.74) is 7.63. The lowest BCUT2D eigenvalue weighted by molar-refractivity contribution is -0.113. The maximum atomic E-state index is 12.2. The molecule has 21 heavy (non-hydrogen) atoms. The van der Waals surface area contributed by atoms with Gasteiger partial charge < -0.3 is 15.8 Å². The summed E-state index contributed by atoms with van der Waals surface area (Å²) in [6, 6.07) is 5.20. The number of aryl methyl sites for hydroxylation is 1. The Morgan fingerprint density at radius 2 is 2.05 bits per heavy atom. The molecule has 0 saturated carbocycles. The zero-order valence-corrected chi connectivity index (χ0v) is 12.8. The van der Waals surface area contributed by atoms with Crippen LogP contribution in [0.1, 0.15) is 18.4 Å². The molecule has 116 valence electrons. The number of nitrogens with one attached hydrogen (secondary N) is 1. The van der Waals surface area contributed by atoms with Crippen LogP contribution in [0.5, 0.6) is 0 Å². The highest BCUT2D eigenvalue weighted by Gasteiger charge is 2.29. The topological polar surface area (TPSA) is 98.5 Å². The molecule has 1 fully saturated rings. The largest absolute Gasteiger partial charge is 0.397 e. The minimum atomic E-state index is -3.46. The standard InChI is InChI=1S/C14H20N2O4S/c1-10-2-3-13(12(15)8-10)16-14(17)9-21(18,19)11-4-6-20-7-5-11/h2-3,8,11H,4-7,9,15H2,1H3,(H,16,17). The Bertz CT molecular complexity index is 622. The minimum absolute atomic E-state index is 0.423. The number of hydrogen-bond acceptors (Lipinski definition) is 5. The van der Waals surface area contributed by atoms with E-state index in [2.05, 4.69) is 5.32 Å². The van der Waals surface area contributed by atoms with Crippen LogP contribution in [-0.2, 0) is 19.4 Å². The van der Waals surface area contributed by atoms with Crippen LogP contribution < -0.4 is 11.1 Å². The van der Waals surface area contributed by atoms with Gasteiger partial charge in [-0.15, -0.1) is 0 Å². The molecule has 0 aromatic heterocycles. The summed E-state index contributed by atoms with van der Waals surface area (Å²) < 4.78 is 29.5. The summed E-state index contributed by atoms with van der Waals surface area (Å²) in [4.78, 5) is 11.9. The summed E-state index contributed by atoms with van der Waals surface area (Å²) in [6.45, 7) is 2.74. The Morgan fingerprint density at radius 3 is 2.67 bits per heavy atom. The lowest BCUT2D eigenvalue weighted by atomic mass is 10.2. The molecule has 2 rings (SSSR count). The van der Waals surface area contributed by atoms with E-state index in [9.17, 15) is 13.2 Å². The molecule has 1 heterocycles. The van der Waals surface area contributed by atoms with E-state index in [1.165, 1.54) is 0 Å². The second-order valence-electron chi connectivity index (χ2n) is 5.26. The van der Waals surface area contributed by atoms with Gasteiger partial charge in [-0.1, -0.05) is 6.07 Å². The zero-order chi connectivity index (χ0) is 15.5. The van der Waals surface area contributed by atoms with Crippen LogP contribution in [-0.4, -0.2) is 38.5 Å². The molecule has 0 atom stereocenters. The molecule has 1 amide bonds. The number of rotatable bonds is 4. The highest BCUT2D eigenvalue weighted by molar-refractivity contribution is 7.92. The maximum Gasteiger partial charge on any atom is 0.239 e. The summed E-state index contributed by atoms with van der Waals surface area (Å²) in [6.07, 6.45) is 0.893. The fourth-order valence-electron chi connectivity index (χ4n) is 2.32. The van der Waals surface area contributed by atoms with E-state index in [1.807, 2.05) is 6.92 Å². The first-order chi connectivity index (χ1) is 9.88. The number of carbonyl (C=O) groups is 1. The number of nitrogens with two attached hydrogens (primary N) is 1. The van der Waals surface area contributed by atoms with Gasteiger partial charge in [0.2, 0.25) is 5.91 Å². The lowest BCUT2D eigenvalue weighted by Gasteiger charge is -2.21. The summed E-state index contributed by atoms with van der Waals surface area (Å²) in [7, 11) is -3.46. The Morgan fingerprint density at radius 1 is 1.38 bits per heavy atom. The number of amides is 1. The third kappa shape index (κ3) is 4.18. The molecule has 0 radical (unpaired) electrons. The Hall–Kier alpha value is -1.60. The molecule has 0 spiro atoms. The average molecular weight is 312 g/mol. The lowest BCUT2D eigenvalue weighted by Crippen LogP contribution is -2.34. The van der Waals surface area contributed by atoms with E-state index >= 15 is 0 Å². The van der Waals surface area contributed by atoms with Crippen molar-refractivity contribution in [2.45, 2.75) is 25.0 Å². The number of carbonyl (C=O) groups excluding carboxylic acids is 1. The molecular weight excluding hydrogens is 292 g/mol. The van der Waals surface area contributed by atoms with Gasteiger partial charge in [-0.05, 0) is 37.5 Å². The van der Waals surface area contributed by atoms with Crippen LogP contribution in [0.15, 0.2) is 18.2 Å². The molecule has 1 saturated heterocycles. The van der Waals surface area contributed by atoms with Crippen molar-refractivity contribution in [3.63, 3.8) is 0 Å². The first-order valence-corrected chi connectivity index (χ1v) is 8.55. The maximum absolute atomic E-state index is 12.2. The second kappa shape index (κ2) is 6.44. The van der Waals surface area contributed by atoms with E-state index < -0.39 is 26.7 Å². The minimum Gasteiger partial charge on any atom is -0.397 e. The van der Waals surface area contributed by atoms with Gasteiger partial charge in [0.1, 0.15) is 5.75 Å². The molecular formula is C14H20N2O4S. The predicted molar refractivity (Wildman–Crippen MR) is 81.8 cm³/mol. The molecule has 0 bridgehead atoms. The average Bonchev–Trinajstić information content (AvgIpc) is 2.42. The monoisotopic (exact) mass is 312 g/mol. The highest BCUT2D eigenvalue weighted by atomic mass is 32.2. The first kappa shape index (κ1) is 15.8. The van der Waals surface area contributed by atoms with E-state index in [0.29, 0.717) is 37.4 Å². The van der Waals surface area contributed by atoms with Crippen molar-refractivity contribution in [3.05, 3.63) is 23.8 Å². The van der Waals surface area contributed by atoms with Crippen molar-refractivity contribution in [1.82, 2.24) is 0 Å². The van der Waals surface area contributed by atoms with E-state index in [1.54, 1.807) is 18.2 Å². The molecule has 1 aliphatic heterocycles. The Balaban J connectivity index is 2.00. The Labute approximate surface area is 124 Å². The van der Waals surface area contributed by atoms with E-state index in [-0.39, 0.29) is 0 Å². The fourth-order valence-corrected chi connectivity index (χ4v) is 3.90. The number of hydrogen-bond donors (Lipinski definition) is 2. The van der Waals surface area contributed by atoms with E-state index in [0.717, 1.165) is 5.56 Å². The van der Waals surface area contributed by atoms with Crippen LogP contribution in [0.4, 0.5) is 11.4 Å². The summed E-state index contributed by atoms with van der Waals surface area (Å²) >= 11 is 0. The summed E-state index contributed by atoms with van der Waals surface area (Å²) in [5.74, 6) is -1.08. The van der Waals surface area contributed by atoms with E-state index in [4.69, 9.17) is 10.5 Å². The van der Waals surface area contributed by atoms with Crippen LogP contribution in [0.25, 0.3) is 0 Å². The van der Waals surface area contributed by atoms with Crippen molar-refractivity contribution in [3.8, 4) is 0 Å². The molecule has 1 aromatic rings. The number of sulfone groups is 1. The number of anilines is 2. The van der Waals surface area contributed by atoms with Crippen LogP contribution >= 0.6 is 0 Å². The van der Waals surface area contributed by atoms with Crippen molar-refractivity contribution >= 4 is 27.1 Å². The summed E-state index contributed by atoms with van der Waals surface area (Å²) in [5, 5.41) is 2.07. The smallest absolute Gasteiger partial charge is 0.239 e. The number of benzene rings is 1. The van der Waals surface area contributed by atoms with Crippen molar-refractivity contribution in [2.24, 2.45) is 0 Å². The quantitative estimate of drug-likeness (QED) is 0.812. The molecule has 0 unspecified atom stereocenters. The number of ether oxygens (including phenoxy) is 1. The normalized spacial score (nSPS) is 16.6. The van der Waals surface area contributed by atoms with Crippen LogP contribution in [0, 0.1) is 6.92 Å². The third-order valence-corrected chi connectivity index (χ3v) is 5.64. The molecule has 1 aliphatic rings. The SMILES string of the molecule is Cc1ccc(NC(=O)CS(=O)(=O)C2CCOCC2)c(N)c1. The number of nitrogen functional groups attached to an aromatic ring is 1. The van der Waals surface area contributed by atoms with Gasteiger partial charge in [0.05, 0.1) is 16.6 Å². The van der Waals surface area contributed by atoms with Gasteiger partial charge in [0.15, 0.2) is 9.84 Å². The van der Waals surface area contributed by atoms with Gasteiger partial charge >= 0.3 is 0 Å². The van der Waals surface area contributed by atoms with Gasteiger partial charge in [-0.2, -0.15) is 0 Å². The van der Waals surface area contributed by atoms with Crippen molar-refractivity contribution < 1.29 is 17.9 Å². The Kier molecular flexibility index (Phi) is 4.84. The predicted octanol–water partition coefficient (Wildman–Crippen LogP) is 1.11. The van der Waals surface area contributed by atoms with Gasteiger partial charge in [0, 0.05) is 13.2 Å². The second-order valence-corrected chi connectivity index (χ2v) is 7.54.